The van der Waals surface area contributed by atoms with Crippen LogP contribution in [0.5, 0.6) is 11.5 Å². The van der Waals surface area contributed by atoms with Gasteiger partial charge in [-0.15, -0.1) is 0 Å². The number of anilines is 1. The second kappa shape index (κ2) is 6.28. The first kappa shape index (κ1) is 17.0. The Morgan fingerprint density at radius 2 is 2.00 bits per heavy atom. The molecule has 0 radical (unpaired) electrons. The standard InChI is InChI=1S/C20H19N7O3/c1-10-3-4-14(30-10)17-11(9-22-26-17)18-24-19(21)25-20-23-12-7-15-16(8-13(12)27(18)20)29-6-2-5-28-15/h3-4,7-9,18H,2,5-6H2,1H3,(H,22,26)(H3,21,23,24,25)/t18-/m0/s1. The van der Waals surface area contributed by atoms with Crippen molar-refractivity contribution in [3.05, 3.63) is 41.8 Å². The number of H-pyrrole nitrogens is 1. The van der Waals surface area contributed by atoms with Gasteiger partial charge in [0, 0.05) is 24.1 Å². The van der Waals surface area contributed by atoms with Crippen molar-refractivity contribution in [2.24, 2.45) is 10.7 Å². The fraction of sp³-hybridized carbons (Fsp3) is 0.250. The SMILES string of the molecule is Cc1ccc(-c2[nH]ncc2[C@H]2N=C(N)Nc3nc4cc5c(cc4n32)OCCCO5)o1. The van der Waals surface area contributed by atoms with Gasteiger partial charge in [-0.2, -0.15) is 5.10 Å². The molecule has 5 heterocycles. The number of nitrogens with zero attached hydrogens (tertiary/aromatic N) is 4. The van der Waals surface area contributed by atoms with Crippen molar-refractivity contribution in [2.45, 2.75) is 19.5 Å². The van der Waals surface area contributed by atoms with Crippen LogP contribution in [0.3, 0.4) is 0 Å². The maximum atomic E-state index is 6.09. The molecule has 0 aliphatic carbocycles. The van der Waals surface area contributed by atoms with Gasteiger partial charge in [0.2, 0.25) is 5.95 Å². The van der Waals surface area contributed by atoms with Crippen LogP contribution in [0.2, 0.25) is 0 Å². The van der Waals surface area contributed by atoms with Gasteiger partial charge in [-0.1, -0.05) is 0 Å². The van der Waals surface area contributed by atoms with Gasteiger partial charge >= 0.3 is 0 Å². The molecular formula is C20H19N7O3. The molecule has 6 rings (SSSR count). The molecule has 0 unspecified atom stereocenters. The molecule has 152 valence electrons. The van der Waals surface area contributed by atoms with E-state index in [1.807, 2.05) is 35.8 Å². The summed E-state index contributed by atoms with van der Waals surface area (Å²) in [6.07, 6.45) is 2.09. The van der Waals surface area contributed by atoms with E-state index in [2.05, 4.69) is 20.5 Å². The average Bonchev–Trinajstić information content (AvgIpc) is 3.40. The molecule has 4 N–H and O–H groups in total. The Hall–Kier alpha value is -3.95. The number of nitrogens with one attached hydrogen (secondary N) is 2. The Kier molecular flexibility index (Phi) is 3.55. The van der Waals surface area contributed by atoms with Crippen LogP contribution in [0.1, 0.15) is 23.9 Å². The number of guanidine groups is 1. The Balaban J connectivity index is 1.54. The number of hydrogen-bond donors (Lipinski definition) is 3. The van der Waals surface area contributed by atoms with E-state index >= 15 is 0 Å². The predicted octanol–water partition coefficient (Wildman–Crippen LogP) is 2.78. The number of nitrogens with two attached hydrogens (primary N) is 1. The first-order valence-electron chi connectivity index (χ1n) is 9.69. The number of benzene rings is 1. The Labute approximate surface area is 170 Å². The Morgan fingerprint density at radius 1 is 1.17 bits per heavy atom. The van der Waals surface area contributed by atoms with E-state index in [0.29, 0.717) is 36.4 Å². The molecule has 3 aromatic heterocycles. The molecule has 0 amide bonds. The van der Waals surface area contributed by atoms with Crippen LogP contribution in [0.4, 0.5) is 5.95 Å². The number of fused-ring (bicyclic) bond motifs is 4. The summed E-state index contributed by atoms with van der Waals surface area (Å²) in [7, 11) is 0. The number of aryl methyl sites for hydroxylation is 1. The first-order valence-corrected chi connectivity index (χ1v) is 9.69. The van der Waals surface area contributed by atoms with E-state index in [4.69, 9.17) is 24.6 Å². The largest absolute Gasteiger partial charge is 0.489 e. The van der Waals surface area contributed by atoms with Crippen LogP contribution in [0.25, 0.3) is 22.5 Å². The summed E-state index contributed by atoms with van der Waals surface area (Å²) in [5.74, 6) is 3.75. The van der Waals surface area contributed by atoms with Crippen LogP contribution in [0.15, 0.2) is 39.9 Å². The highest BCUT2D eigenvalue weighted by Crippen LogP contribution is 2.40. The van der Waals surface area contributed by atoms with Crippen molar-refractivity contribution in [2.75, 3.05) is 18.5 Å². The molecule has 4 aromatic rings. The summed E-state index contributed by atoms with van der Waals surface area (Å²) in [5.41, 5.74) is 9.26. The van der Waals surface area contributed by atoms with E-state index in [9.17, 15) is 0 Å². The molecule has 0 bridgehead atoms. The third kappa shape index (κ3) is 2.53. The Morgan fingerprint density at radius 3 is 2.80 bits per heavy atom. The van der Waals surface area contributed by atoms with Gasteiger partial charge in [-0.3, -0.25) is 15.0 Å². The van der Waals surface area contributed by atoms with Crippen LogP contribution in [-0.4, -0.2) is 38.9 Å². The number of rotatable bonds is 2. The normalized spacial score (nSPS) is 17.9. The molecule has 0 saturated carbocycles. The smallest absolute Gasteiger partial charge is 0.212 e. The predicted molar refractivity (Wildman–Crippen MR) is 110 cm³/mol. The van der Waals surface area contributed by atoms with Crippen molar-refractivity contribution < 1.29 is 13.9 Å². The van der Waals surface area contributed by atoms with Gasteiger partial charge < -0.3 is 19.6 Å². The van der Waals surface area contributed by atoms with Crippen LogP contribution >= 0.6 is 0 Å². The molecule has 10 heteroatoms. The molecule has 1 atom stereocenters. The summed E-state index contributed by atoms with van der Waals surface area (Å²) in [5, 5.41) is 10.3. The summed E-state index contributed by atoms with van der Waals surface area (Å²) in [6.45, 7) is 3.12. The molecular weight excluding hydrogens is 386 g/mol. The number of ether oxygens (including phenoxy) is 2. The van der Waals surface area contributed by atoms with Crippen LogP contribution in [0, 0.1) is 6.92 Å². The summed E-state index contributed by atoms with van der Waals surface area (Å²) >= 11 is 0. The number of aromatic nitrogens is 4. The van der Waals surface area contributed by atoms with Gasteiger partial charge in [0.25, 0.3) is 0 Å². The van der Waals surface area contributed by atoms with Crippen molar-refractivity contribution >= 4 is 22.9 Å². The third-order valence-corrected chi connectivity index (χ3v) is 5.24. The van der Waals surface area contributed by atoms with Gasteiger partial charge in [0.1, 0.15) is 11.5 Å². The lowest BCUT2D eigenvalue weighted by molar-refractivity contribution is 0.297. The number of imidazole rings is 1. The zero-order chi connectivity index (χ0) is 20.2. The highest BCUT2D eigenvalue weighted by molar-refractivity contribution is 5.95. The molecule has 10 nitrogen and oxygen atoms in total. The number of aromatic amines is 1. The van der Waals surface area contributed by atoms with Crippen molar-refractivity contribution in [1.29, 1.82) is 0 Å². The van der Waals surface area contributed by atoms with Gasteiger partial charge in [0.15, 0.2) is 29.4 Å². The summed E-state index contributed by atoms with van der Waals surface area (Å²) in [6, 6.07) is 7.64. The van der Waals surface area contributed by atoms with E-state index in [-0.39, 0.29) is 5.96 Å². The summed E-state index contributed by atoms with van der Waals surface area (Å²) in [4.78, 5) is 9.35. The van der Waals surface area contributed by atoms with E-state index in [0.717, 1.165) is 34.5 Å². The molecule has 2 aliphatic heterocycles. The van der Waals surface area contributed by atoms with Crippen molar-refractivity contribution in [1.82, 2.24) is 19.7 Å². The maximum Gasteiger partial charge on any atom is 0.212 e. The average molecular weight is 405 g/mol. The minimum absolute atomic E-state index is 0.277. The zero-order valence-electron chi connectivity index (χ0n) is 16.2. The van der Waals surface area contributed by atoms with Crippen molar-refractivity contribution in [3.63, 3.8) is 0 Å². The first-order chi connectivity index (χ1) is 14.7. The molecule has 0 fully saturated rings. The molecule has 1 aromatic carbocycles. The third-order valence-electron chi connectivity index (χ3n) is 5.24. The molecule has 30 heavy (non-hydrogen) atoms. The number of hydrogen-bond acceptors (Lipinski definition) is 8. The van der Waals surface area contributed by atoms with E-state index in [1.54, 1.807) is 6.20 Å². The lowest BCUT2D eigenvalue weighted by Gasteiger charge is -2.23. The minimum Gasteiger partial charge on any atom is -0.489 e. The van der Waals surface area contributed by atoms with Crippen LogP contribution < -0.4 is 20.5 Å². The molecule has 0 spiro atoms. The van der Waals surface area contributed by atoms with Crippen LogP contribution in [-0.2, 0) is 0 Å². The lowest BCUT2D eigenvalue weighted by atomic mass is 10.1. The quantitative estimate of drug-likeness (QED) is 0.468. The maximum absolute atomic E-state index is 6.09. The number of furan rings is 1. The van der Waals surface area contributed by atoms with Gasteiger partial charge in [-0.05, 0) is 19.1 Å². The molecule has 2 aliphatic rings. The van der Waals surface area contributed by atoms with E-state index < -0.39 is 6.17 Å². The monoisotopic (exact) mass is 405 g/mol. The second-order valence-electron chi connectivity index (χ2n) is 7.27. The van der Waals surface area contributed by atoms with Gasteiger partial charge in [0.05, 0.1) is 30.4 Å². The Bertz CT molecular complexity index is 1300. The van der Waals surface area contributed by atoms with Gasteiger partial charge in [-0.25, -0.2) is 9.98 Å². The second-order valence-corrected chi connectivity index (χ2v) is 7.27. The summed E-state index contributed by atoms with van der Waals surface area (Å²) < 4.78 is 19.5. The number of aliphatic imine (C=N–C) groups is 1. The van der Waals surface area contributed by atoms with Crippen molar-refractivity contribution in [3.8, 4) is 23.0 Å². The highest BCUT2D eigenvalue weighted by Gasteiger charge is 2.30. The zero-order valence-corrected chi connectivity index (χ0v) is 16.2. The molecule has 0 saturated heterocycles. The highest BCUT2D eigenvalue weighted by atomic mass is 16.5. The topological polar surface area (TPSA) is 129 Å². The fourth-order valence-electron chi connectivity index (χ4n) is 3.89. The fourth-order valence-corrected chi connectivity index (χ4v) is 3.89. The lowest BCUT2D eigenvalue weighted by Crippen LogP contribution is -2.31. The minimum atomic E-state index is -0.477. The van der Waals surface area contributed by atoms with E-state index in [1.165, 1.54) is 0 Å².